The van der Waals surface area contributed by atoms with Gasteiger partial charge in [-0.3, -0.25) is 4.98 Å². The number of halogens is 2. The number of aromatic nitrogens is 3. The van der Waals surface area contributed by atoms with Crippen LogP contribution in [0.5, 0.6) is 0 Å². The molecule has 0 atom stereocenters. The molecule has 2 N–H and O–H groups in total. The molecule has 2 aromatic heterocycles. The molecule has 0 spiro atoms. The fourth-order valence-electron chi connectivity index (χ4n) is 1.12. The van der Waals surface area contributed by atoms with Crippen LogP contribution in [0.3, 0.4) is 0 Å². The molecule has 2 aromatic rings. The van der Waals surface area contributed by atoms with E-state index in [1.807, 2.05) is 0 Å². The largest absolute Gasteiger partial charge is 0.384 e. The number of nitrogen functional groups attached to an aromatic ring is 1. The average Bonchev–Trinajstić information content (AvgIpc) is 2.22. The Bertz CT molecular complexity index is 501. The molecular weight excluding hydrogens is 235 g/mol. The van der Waals surface area contributed by atoms with Crippen molar-refractivity contribution < 1.29 is 0 Å². The maximum Gasteiger partial charge on any atom is 0.148 e. The van der Waals surface area contributed by atoms with Crippen LogP contribution in [0.4, 0.5) is 5.82 Å². The van der Waals surface area contributed by atoms with Crippen LogP contribution >= 0.6 is 23.2 Å². The Kier molecular flexibility index (Phi) is 2.70. The van der Waals surface area contributed by atoms with E-state index in [1.54, 1.807) is 12.3 Å². The topological polar surface area (TPSA) is 64.7 Å². The summed E-state index contributed by atoms with van der Waals surface area (Å²) in [5.74, 6) is 0.371. The van der Waals surface area contributed by atoms with Crippen LogP contribution in [0.1, 0.15) is 0 Å². The first-order valence-corrected chi connectivity index (χ1v) is 4.81. The first-order valence-electron chi connectivity index (χ1n) is 4.06. The summed E-state index contributed by atoms with van der Waals surface area (Å²) >= 11 is 11.7. The standard InChI is InChI=1S/C9H6Cl2N4/c10-6-2-14-9(12)1-5(6)7-3-13-4-8(11)15-7/h1-4H,(H2,12,14). The van der Waals surface area contributed by atoms with Crippen LogP contribution in [0.15, 0.2) is 24.7 Å². The Morgan fingerprint density at radius 3 is 2.67 bits per heavy atom. The summed E-state index contributed by atoms with van der Waals surface area (Å²) in [4.78, 5) is 11.8. The van der Waals surface area contributed by atoms with E-state index < -0.39 is 0 Å². The molecule has 6 heteroatoms. The van der Waals surface area contributed by atoms with E-state index in [-0.39, 0.29) is 0 Å². The van der Waals surface area contributed by atoms with Crippen molar-refractivity contribution in [1.82, 2.24) is 15.0 Å². The van der Waals surface area contributed by atoms with Crippen LogP contribution in [0.25, 0.3) is 11.3 Å². The lowest BCUT2D eigenvalue weighted by Crippen LogP contribution is -1.93. The van der Waals surface area contributed by atoms with Gasteiger partial charge in [0.2, 0.25) is 0 Å². The zero-order valence-electron chi connectivity index (χ0n) is 7.48. The molecule has 2 rings (SSSR count). The van der Waals surface area contributed by atoms with Crippen molar-refractivity contribution in [3.8, 4) is 11.3 Å². The molecule has 15 heavy (non-hydrogen) atoms. The summed E-state index contributed by atoms with van der Waals surface area (Å²) in [6, 6.07) is 1.63. The number of nitrogens with zero attached hydrogens (tertiary/aromatic N) is 3. The van der Waals surface area contributed by atoms with Gasteiger partial charge in [0.15, 0.2) is 0 Å². The summed E-state index contributed by atoms with van der Waals surface area (Å²) in [6.45, 7) is 0. The van der Waals surface area contributed by atoms with Crippen molar-refractivity contribution >= 4 is 29.0 Å². The van der Waals surface area contributed by atoms with E-state index in [2.05, 4.69) is 15.0 Å². The van der Waals surface area contributed by atoms with Gasteiger partial charge in [0.25, 0.3) is 0 Å². The van der Waals surface area contributed by atoms with Gasteiger partial charge in [0.1, 0.15) is 11.0 Å². The Morgan fingerprint density at radius 2 is 1.93 bits per heavy atom. The molecule has 2 heterocycles. The molecule has 0 aromatic carbocycles. The number of hydrogen-bond acceptors (Lipinski definition) is 4. The maximum atomic E-state index is 5.95. The minimum Gasteiger partial charge on any atom is -0.384 e. The highest BCUT2D eigenvalue weighted by molar-refractivity contribution is 6.33. The lowest BCUT2D eigenvalue weighted by Gasteiger charge is -2.03. The number of anilines is 1. The van der Waals surface area contributed by atoms with Gasteiger partial charge >= 0.3 is 0 Å². The Morgan fingerprint density at radius 1 is 1.13 bits per heavy atom. The van der Waals surface area contributed by atoms with Crippen molar-refractivity contribution in [2.24, 2.45) is 0 Å². The van der Waals surface area contributed by atoms with Crippen LogP contribution in [-0.2, 0) is 0 Å². The molecule has 4 nitrogen and oxygen atoms in total. The third-order valence-corrected chi connectivity index (χ3v) is 2.24. The minimum atomic E-state index is 0.305. The van der Waals surface area contributed by atoms with Gasteiger partial charge in [-0.05, 0) is 6.07 Å². The van der Waals surface area contributed by atoms with Gasteiger partial charge in [0, 0.05) is 11.8 Å². The van der Waals surface area contributed by atoms with Gasteiger partial charge in [-0.15, -0.1) is 0 Å². The first kappa shape index (κ1) is 10.1. The summed E-state index contributed by atoms with van der Waals surface area (Å²) in [5.41, 5.74) is 6.79. The second-order valence-electron chi connectivity index (χ2n) is 2.82. The minimum absolute atomic E-state index is 0.305. The molecule has 76 valence electrons. The van der Waals surface area contributed by atoms with E-state index in [9.17, 15) is 0 Å². The molecule has 0 amide bonds. The second-order valence-corrected chi connectivity index (χ2v) is 3.61. The first-order chi connectivity index (χ1) is 7.16. The monoisotopic (exact) mass is 240 g/mol. The Hall–Kier alpha value is -1.39. The zero-order valence-corrected chi connectivity index (χ0v) is 9.00. The summed E-state index contributed by atoms with van der Waals surface area (Å²) in [6.07, 6.45) is 4.48. The number of rotatable bonds is 1. The molecule has 0 saturated heterocycles. The predicted molar refractivity (Wildman–Crippen MR) is 59.7 cm³/mol. The lowest BCUT2D eigenvalue weighted by atomic mass is 10.2. The molecule has 0 unspecified atom stereocenters. The molecular formula is C9H6Cl2N4. The molecule has 0 radical (unpaired) electrons. The van der Waals surface area contributed by atoms with Crippen molar-refractivity contribution in [2.45, 2.75) is 0 Å². The van der Waals surface area contributed by atoms with Gasteiger partial charge in [-0.2, -0.15) is 0 Å². The highest BCUT2D eigenvalue weighted by Gasteiger charge is 2.07. The Balaban J connectivity index is 2.58. The van der Waals surface area contributed by atoms with Crippen LogP contribution < -0.4 is 5.73 Å². The maximum absolute atomic E-state index is 5.95. The molecule has 0 aliphatic rings. The predicted octanol–water partition coefficient (Wildman–Crippen LogP) is 2.43. The van der Waals surface area contributed by atoms with E-state index >= 15 is 0 Å². The number of hydrogen-bond donors (Lipinski definition) is 1. The quantitative estimate of drug-likeness (QED) is 0.832. The third-order valence-electron chi connectivity index (χ3n) is 1.76. The molecule has 0 bridgehead atoms. The van der Waals surface area contributed by atoms with Crippen molar-refractivity contribution in [3.63, 3.8) is 0 Å². The Labute approximate surface area is 96.1 Å². The van der Waals surface area contributed by atoms with Crippen LogP contribution in [-0.4, -0.2) is 15.0 Å². The van der Waals surface area contributed by atoms with Crippen LogP contribution in [0, 0.1) is 0 Å². The highest BCUT2D eigenvalue weighted by Crippen LogP contribution is 2.26. The average molecular weight is 241 g/mol. The number of pyridine rings is 1. The van der Waals surface area contributed by atoms with E-state index in [4.69, 9.17) is 28.9 Å². The lowest BCUT2D eigenvalue weighted by molar-refractivity contribution is 1.20. The molecule has 0 aliphatic heterocycles. The van der Waals surface area contributed by atoms with Gasteiger partial charge in [0.05, 0.1) is 23.1 Å². The summed E-state index contributed by atoms with van der Waals surface area (Å²) < 4.78 is 0. The molecule has 0 saturated carbocycles. The van der Waals surface area contributed by atoms with Gasteiger partial charge < -0.3 is 5.73 Å². The van der Waals surface area contributed by atoms with Crippen molar-refractivity contribution in [3.05, 3.63) is 34.8 Å². The second kappa shape index (κ2) is 4.00. The van der Waals surface area contributed by atoms with Crippen LogP contribution in [0.2, 0.25) is 10.2 Å². The highest BCUT2D eigenvalue weighted by atomic mass is 35.5. The van der Waals surface area contributed by atoms with E-state index in [0.29, 0.717) is 27.3 Å². The fourth-order valence-corrected chi connectivity index (χ4v) is 1.47. The SMILES string of the molecule is Nc1cc(-c2cncc(Cl)n2)c(Cl)cn1. The normalized spacial score (nSPS) is 10.3. The molecule has 0 aliphatic carbocycles. The third kappa shape index (κ3) is 2.16. The van der Waals surface area contributed by atoms with E-state index in [1.165, 1.54) is 12.4 Å². The van der Waals surface area contributed by atoms with Crippen molar-refractivity contribution in [1.29, 1.82) is 0 Å². The number of nitrogens with two attached hydrogens (primary N) is 1. The smallest absolute Gasteiger partial charge is 0.148 e. The molecule has 0 fully saturated rings. The van der Waals surface area contributed by atoms with E-state index in [0.717, 1.165) is 0 Å². The summed E-state index contributed by atoms with van der Waals surface area (Å²) in [7, 11) is 0. The van der Waals surface area contributed by atoms with Gasteiger partial charge in [-0.25, -0.2) is 9.97 Å². The van der Waals surface area contributed by atoms with Gasteiger partial charge in [-0.1, -0.05) is 23.2 Å². The zero-order chi connectivity index (χ0) is 10.8. The van der Waals surface area contributed by atoms with Crippen molar-refractivity contribution in [2.75, 3.05) is 5.73 Å². The fraction of sp³-hybridized carbons (Fsp3) is 0. The summed E-state index contributed by atoms with van der Waals surface area (Å²) in [5, 5.41) is 0.764.